The smallest absolute Gasteiger partial charge is 0.306 e. The SMILES string of the molecule is CC/C=C\C/C=C\C/C=C\C/C=C\CCCCCCC(=O)OC(COC(=O)CC/C=C\C/C=C\C/C=C\C/C=C\CC)COC(=O)CCCCCCCCCCC/C=C\CCCCCCCCCC. The lowest BCUT2D eigenvalue weighted by Gasteiger charge is -2.18. The van der Waals surface area contributed by atoms with Crippen molar-refractivity contribution in [2.24, 2.45) is 0 Å². The van der Waals surface area contributed by atoms with Gasteiger partial charge in [-0.15, -0.1) is 0 Å². The van der Waals surface area contributed by atoms with Gasteiger partial charge < -0.3 is 14.2 Å². The normalized spacial score (nSPS) is 12.9. The Labute approximate surface area is 425 Å². The van der Waals surface area contributed by atoms with Gasteiger partial charge in [0, 0.05) is 19.3 Å². The van der Waals surface area contributed by atoms with E-state index in [-0.39, 0.29) is 44.0 Å². The third kappa shape index (κ3) is 54.9. The molecule has 1 unspecified atom stereocenters. The van der Waals surface area contributed by atoms with Crippen LogP contribution in [-0.2, 0) is 28.6 Å². The first kappa shape index (κ1) is 65.1. The van der Waals surface area contributed by atoms with Crippen LogP contribution in [0.2, 0.25) is 0 Å². The predicted octanol–water partition coefficient (Wildman–Crippen LogP) is 19.1. The van der Waals surface area contributed by atoms with Crippen molar-refractivity contribution in [1.82, 2.24) is 0 Å². The second-order valence-corrected chi connectivity index (χ2v) is 18.4. The molecule has 69 heavy (non-hydrogen) atoms. The molecule has 6 nitrogen and oxygen atoms in total. The quantitative estimate of drug-likeness (QED) is 0.0262. The maximum Gasteiger partial charge on any atom is 0.306 e. The van der Waals surface area contributed by atoms with Crippen molar-refractivity contribution >= 4 is 17.9 Å². The molecule has 0 saturated heterocycles. The van der Waals surface area contributed by atoms with Gasteiger partial charge in [0.05, 0.1) is 0 Å². The van der Waals surface area contributed by atoms with Crippen molar-refractivity contribution in [1.29, 1.82) is 0 Å². The average molecular weight is 958 g/mol. The molecule has 0 rings (SSSR count). The number of ether oxygens (including phenoxy) is 3. The highest BCUT2D eigenvalue weighted by Gasteiger charge is 2.19. The van der Waals surface area contributed by atoms with Gasteiger partial charge >= 0.3 is 17.9 Å². The Hall–Kier alpha value is -3.93. The highest BCUT2D eigenvalue weighted by Crippen LogP contribution is 2.14. The standard InChI is InChI=1S/C63H104O6/c1-4-7-10-13-16-19-22-25-27-29-30-31-32-34-35-38-41-44-47-50-53-56-62(65)68-59-60(58-67-61(64)55-52-49-46-43-40-37-24-21-18-15-12-9-6-3)69-63(66)57-54-51-48-45-42-39-36-33-28-26-23-20-17-14-11-8-5-2/h8-9,11-12,17-18,20-21,26,28-30,36-37,39-40,46,49,60H,4-7,10,13-16,19,22-25,27,31-35,38,41-45,47-48,50-59H2,1-3H3/b11-8-,12-9-,20-17-,21-18-,28-26-,30-29-,39-36-,40-37-,49-46-. The molecular weight excluding hydrogens is 853 g/mol. The summed E-state index contributed by atoms with van der Waals surface area (Å²) in [5, 5.41) is 0. The molecule has 0 aromatic rings. The average Bonchev–Trinajstić information content (AvgIpc) is 3.35. The van der Waals surface area contributed by atoms with Gasteiger partial charge in [-0.05, 0) is 109 Å². The van der Waals surface area contributed by atoms with Crippen LogP contribution in [0.3, 0.4) is 0 Å². The van der Waals surface area contributed by atoms with Crippen LogP contribution in [0.15, 0.2) is 109 Å². The van der Waals surface area contributed by atoms with Crippen molar-refractivity contribution in [3.8, 4) is 0 Å². The summed E-state index contributed by atoms with van der Waals surface area (Å²) >= 11 is 0. The van der Waals surface area contributed by atoms with Gasteiger partial charge in [-0.3, -0.25) is 14.4 Å². The van der Waals surface area contributed by atoms with E-state index in [0.717, 1.165) is 103 Å². The lowest BCUT2D eigenvalue weighted by Crippen LogP contribution is -2.30. The molecular formula is C63H104O6. The Morgan fingerprint density at radius 1 is 0.304 bits per heavy atom. The Bertz CT molecular complexity index is 1420. The second kappa shape index (κ2) is 56.7. The molecule has 0 aliphatic carbocycles. The molecule has 0 saturated carbocycles. The van der Waals surface area contributed by atoms with E-state index in [2.05, 4.69) is 118 Å². The molecule has 392 valence electrons. The molecule has 0 radical (unpaired) electrons. The number of unbranched alkanes of at least 4 members (excludes halogenated alkanes) is 21. The zero-order valence-electron chi connectivity index (χ0n) is 44.8. The van der Waals surface area contributed by atoms with Crippen LogP contribution in [0, 0.1) is 0 Å². The first-order valence-corrected chi connectivity index (χ1v) is 28.4. The second-order valence-electron chi connectivity index (χ2n) is 18.4. The maximum atomic E-state index is 12.8. The van der Waals surface area contributed by atoms with E-state index >= 15 is 0 Å². The van der Waals surface area contributed by atoms with E-state index in [0.29, 0.717) is 12.8 Å². The molecule has 1 atom stereocenters. The van der Waals surface area contributed by atoms with E-state index in [9.17, 15) is 14.4 Å². The molecule has 6 heteroatoms. The van der Waals surface area contributed by atoms with Crippen molar-refractivity contribution < 1.29 is 28.6 Å². The van der Waals surface area contributed by atoms with Gasteiger partial charge in [0.15, 0.2) is 6.10 Å². The lowest BCUT2D eigenvalue weighted by atomic mass is 10.1. The number of rotatable bonds is 50. The Balaban J connectivity index is 4.45. The van der Waals surface area contributed by atoms with Crippen LogP contribution < -0.4 is 0 Å². The van der Waals surface area contributed by atoms with Crippen molar-refractivity contribution in [2.45, 2.75) is 258 Å². The topological polar surface area (TPSA) is 78.9 Å². The fourth-order valence-electron chi connectivity index (χ4n) is 7.56. The summed E-state index contributed by atoms with van der Waals surface area (Å²) in [5.41, 5.74) is 0. The summed E-state index contributed by atoms with van der Waals surface area (Å²) in [6, 6.07) is 0. The Morgan fingerprint density at radius 2 is 0.594 bits per heavy atom. The van der Waals surface area contributed by atoms with Gasteiger partial charge in [0.2, 0.25) is 0 Å². The highest BCUT2D eigenvalue weighted by atomic mass is 16.6. The first-order chi connectivity index (χ1) is 34.0. The largest absolute Gasteiger partial charge is 0.462 e. The summed E-state index contributed by atoms with van der Waals surface area (Å²) in [4.78, 5) is 38.1. The third-order valence-electron chi connectivity index (χ3n) is 11.8. The first-order valence-electron chi connectivity index (χ1n) is 28.4. The monoisotopic (exact) mass is 957 g/mol. The summed E-state index contributed by atoms with van der Waals surface area (Å²) in [5.74, 6) is -1.02. The van der Waals surface area contributed by atoms with E-state index in [1.54, 1.807) is 0 Å². The van der Waals surface area contributed by atoms with Gasteiger partial charge in [0.1, 0.15) is 13.2 Å². The number of carbonyl (C=O) groups excluding carboxylic acids is 3. The van der Waals surface area contributed by atoms with Gasteiger partial charge in [-0.1, -0.05) is 233 Å². The van der Waals surface area contributed by atoms with Crippen LogP contribution in [0.4, 0.5) is 0 Å². The molecule has 0 aliphatic rings. The van der Waals surface area contributed by atoms with E-state index in [1.165, 1.54) is 103 Å². The van der Waals surface area contributed by atoms with Crippen LogP contribution in [0.1, 0.15) is 252 Å². The minimum atomic E-state index is -0.823. The molecule has 0 fully saturated rings. The lowest BCUT2D eigenvalue weighted by molar-refractivity contribution is -0.166. The molecule has 0 amide bonds. The Morgan fingerprint density at radius 3 is 0.986 bits per heavy atom. The van der Waals surface area contributed by atoms with Crippen molar-refractivity contribution in [2.75, 3.05) is 13.2 Å². The Kier molecular flexibility index (Phi) is 53.4. The minimum absolute atomic E-state index is 0.112. The molecule has 0 bridgehead atoms. The fraction of sp³-hybridized carbons (Fsp3) is 0.667. The van der Waals surface area contributed by atoms with Crippen LogP contribution in [0.5, 0.6) is 0 Å². The summed E-state index contributed by atoms with van der Waals surface area (Å²) in [7, 11) is 0. The zero-order chi connectivity index (χ0) is 50.0. The van der Waals surface area contributed by atoms with Crippen LogP contribution in [-0.4, -0.2) is 37.2 Å². The number of hydrogen-bond donors (Lipinski definition) is 0. The van der Waals surface area contributed by atoms with E-state index in [1.807, 2.05) is 12.2 Å². The molecule has 0 heterocycles. The predicted molar refractivity (Wildman–Crippen MR) is 297 cm³/mol. The number of allylic oxidation sites excluding steroid dienone is 18. The van der Waals surface area contributed by atoms with E-state index in [4.69, 9.17) is 14.2 Å². The van der Waals surface area contributed by atoms with Crippen molar-refractivity contribution in [3.63, 3.8) is 0 Å². The maximum absolute atomic E-state index is 12.8. The van der Waals surface area contributed by atoms with Gasteiger partial charge in [-0.2, -0.15) is 0 Å². The van der Waals surface area contributed by atoms with Crippen molar-refractivity contribution in [3.05, 3.63) is 109 Å². The minimum Gasteiger partial charge on any atom is -0.462 e. The summed E-state index contributed by atoms with van der Waals surface area (Å²) in [6.07, 6.45) is 76.7. The number of hydrogen-bond acceptors (Lipinski definition) is 6. The fourth-order valence-corrected chi connectivity index (χ4v) is 7.56. The number of esters is 3. The van der Waals surface area contributed by atoms with Gasteiger partial charge in [0.25, 0.3) is 0 Å². The summed E-state index contributed by atoms with van der Waals surface area (Å²) in [6.45, 7) is 6.33. The van der Waals surface area contributed by atoms with Gasteiger partial charge in [-0.25, -0.2) is 0 Å². The van der Waals surface area contributed by atoms with E-state index < -0.39 is 6.10 Å². The molecule has 0 spiro atoms. The molecule has 0 aliphatic heterocycles. The number of carbonyl (C=O) groups is 3. The third-order valence-corrected chi connectivity index (χ3v) is 11.8. The molecule has 0 aromatic heterocycles. The highest BCUT2D eigenvalue weighted by molar-refractivity contribution is 5.71. The molecule has 0 aromatic carbocycles. The van der Waals surface area contributed by atoms with Crippen LogP contribution in [0.25, 0.3) is 0 Å². The summed E-state index contributed by atoms with van der Waals surface area (Å²) < 4.78 is 16.8. The molecule has 0 N–H and O–H groups in total. The zero-order valence-corrected chi connectivity index (χ0v) is 44.8. The van der Waals surface area contributed by atoms with Crippen LogP contribution >= 0.6 is 0 Å².